The Kier molecular flexibility index (Phi) is 9.17. The highest BCUT2D eigenvalue weighted by Gasteiger charge is 1.80. The highest BCUT2D eigenvalue weighted by Crippen LogP contribution is 2.00. The lowest BCUT2D eigenvalue weighted by molar-refractivity contribution is 0.954. The fourth-order valence-corrected chi connectivity index (χ4v) is 1.15. The molecule has 10 heavy (non-hydrogen) atoms. The summed E-state index contributed by atoms with van der Waals surface area (Å²) >= 11 is 1.92. The van der Waals surface area contributed by atoms with E-state index in [0.29, 0.717) is 0 Å². The van der Waals surface area contributed by atoms with Gasteiger partial charge in [0, 0.05) is 0 Å². The summed E-state index contributed by atoms with van der Waals surface area (Å²) < 4.78 is 0. The van der Waals surface area contributed by atoms with Gasteiger partial charge in [0.15, 0.2) is 0 Å². The minimum absolute atomic E-state index is 1.03. The van der Waals surface area contributed by atoms with Crippen LogP contribution in [0.5, 0.6) is 0 Å². The highest BCUT2D eigenvalue weighted by molar-refractivity contribution is 7.98. The number of hydrogen-bond acceptors (Lipinski definition) is 1. The molecule has 0 bridgehead atoms. The molecule has 0 nitrogen and oxygen atoms in total. The first-order chi connectivity index (χ1) is 4.91. The van der Waals surface area contributed by atoms with E-state index in [1.807, 2.05) is 11.8 Å². The molecule has 0 heterocycles. The molecule has 0 amide bonds. The third-order valence-corrected chi connectivity index (χ3v) is 1.95. The van der Waals surface area contributed by atoms with Crippen molar-refractivity contribution in [2.45, 2.75) is 25.7 Å². The van der Waals surface area contributed by atoms with Crippen LogP contribution in [0.4, 0.5) is 0 Å². The smallest absolute Gasteiger partial charge is 0.00674 e. The molecular formula is C9H17S. The van der Waals surface area contributed by atoms with Gasteiger partial charge in [0.2, 0.25) is 0 Å². The van der Waals surface area contributed by atoms with Crippen LogP contribution in [-0.4, -0.2) is 12.0 Å². The average molecular weight is 157 g/mol. The minimum Gasteiger partial charge on any atom is -0.165 e. The molecule has 0 aromatic heterocycles. The van der Waals surface area contributed by atoms with Crippen LogP contribution >= 0.6 is 11.8 Å². The predicted octanol–water partition coefficient (Wildman–Crippen LogP) is 3.30. The summed E-state index contributed by atoms with van der Waals surface area (Å²) in [4.78, 5) is 0. The summed E-state index contributed by atoms with van der Waals surface area (Å²) in [5, 5.41) is 0. The molecule has 0 fully saturated rings. The van der Waals surface area contributed by atoms with E-state index in [9.17, 15) is 0 Å². The molecule has 0 atom stereocenters. The second kappa shape index (κ2) is 9.09. The van der Waals surface area contributed by atoms with Crippen LogP contribution in [0.15, 0.2) is 12.2 Å². The van der Waals surface area contributed by atoms with Crippen molar-refractivity contribution in [1.29, 1.82) is 0 Å². The average Bonchev–Trinajstić information content (AvgIpc) is 1.97. The lowest BCUT2D eigenvalue weighted by Crippen LogP contribution is -1.74. The molecule has 0 N–H and O–H groups in total. The Labute approximate surface area is 69.1 Å². The Bertz CT molecular complexity index is 76.8. The molecule has 0 saturated carbocycles. The molecule has 0 aromatic carbocycles. The monoisotopic (exact) mass is 157 g/mol. The van der Waals surface area contributed by atoms with Crippen LogP contribution in [0, 0.1) is 6.92 Å². The van der Waals surface area contributed by atoms with Gasteiger partial charge >= 0.3 is 0 Å². The van der Waals surface area contributed by atoms with Crippen molar-refractivity contribution in [1.82, 2.24) is 0 Å². The summed E-state index contributed by atoms with van der Waals surface area (Å²) in [7, 11) is 0. The zero-order valence-electron chi connectivity index (χ0n) is 6.81. The van der Waals surface area contributed by atoms with E-state index >= 15 is 0 Å². The van der Waals surface area contributed by atoms with Gasteiger partial charge in [0.05, 0.1) is 0 Å². The molecule has 0 aliphatic carbocycles. The molecule has 59 valence electrons. The molecule has 0 aliphatic heterocycles. The Hall–Kier alpha value is 0.0900. The molecule has 0 rings (SSSR count). The van der Waals surface area contributed by atoms with Gasteiger partial charge in [0.1, 0.15) is 0 Å². The molecule has 0 aromatic rings. The van der Waals surface area contributed by atoms with Gasteiger partial charge in [-0.25, -0.2) is 0 Å². The summed E-state index contributed by atoms with van der Waals surface area (Å²) in [5.41, 5.74) is 0. The first-order valence-corrected chi connectivity index (χ1v) is 5.24. The van der Waals surface area contributed by atoms with E-state index in [1.165, 1.54) is 18.6 Å². The Morgan fingerprint density at radius 3 is 2.60 bits per heavy atom. The van der Waals surface area contributed by atoms with Gasteiger partial charge in [-0.05, 0) is 37.7 Å². The summed E-state index contributed by atoms with van der Waals surface area (Å²) in [6.07, 6.45) is 11.4. The quantitative estimate of drug-likeness (QED) is 0.421. The van der Waals surface area contributed by atoms with Crippen LogP contribution < -0.4 is 0 Å². The van der Waals surface area contributed by atoms with Crippen LogP contribution in [-0.2, 0) is 0 Å². The van der Waals surface area contributed by atoms with E-state index < -0.39 is 0 Å². The van der Waals surface area contributed by atoms with Crippen molar-refractivity contribution in [2.75, 3.05) is 12.0 Å². The van der Waals surface area contributed by atoms with Gasteiger partial charge in [-0.3, -0.25) is 0 Å². The highest BCUT2D eigenvalue weighted by atomic mass is 32.2. The van der Waals surface area contributed by atoms with Crippen molar-refractivity contribution in [3.8, 4) is 0 Å². The first-order valence-electron chi connectivity index (χ1n) is 3.85. The minimum atomic E-state index is 1.03. The van der Waals surface area contributed by atoms with Crippen molar-refractivity contribution in [2.24, 2.45) is 0 Å². The zero-order chi connectivity index (χ0) is 7.66. The third-order valence-electron chi connectivity index (χ3n) is 1.26. The second-order valence-electron chi connectivity index (χ2n) is 2.25. The molecule has 0 spiro atoms. The zero-order valence-corrected chi connectivity index (χ0v) is 7.62. The van der Waals surface area contributed by atoms with E-state index in [1.54, 1.807) is 0 Å². The van der Waals surface area contributed by atoms with Crippen molar-refractivity contribution < 1.29 is 0 Å². The van der Waals surface area contributed by atoms with E-state index in [2.05, 4.69) is 25.3 Å². The fourth-order valence-electron chi connectivity index (χ4n) is 0.699. The summed E-state index contributed by atoms with van der Waals surface area (Å²) in [6.45, 7) is 3.76. The fraction of sp³-hybridized carbons (Fsp3) is 0.667. The summed E-state index contributed by atoms with van der Waals surface area (Å²) in [5.74, 6) is 1.29. The number of rotatable bonds is 6. The normalized spacial score (nSPS) is 11.0. The van der Waals surface area contributed by atoms with Gasteiger partial charge in [-0.15, -0.1) is 0 Å². The van der Waals surface area contributed by atoms with Crippen LogP contribution in [0.1, 0.15) is 25.7 Å². The van der Waals surface area contributed by atoms with Crippen LogP contribution in [0.2, 0.25) is 0 Å². The number of unbranched alkanes of at least 4 members (excludes halogenated alkanes) is 2. The van der Waals surface area contributed by atoms with Crippen molar-refractivity contribution >= 4 is 11.8 Å². The lowest BCUT2D eigenvalue weighted by atomic mass is 10.2. The largest absolute Gasteiger partial charge is 0.165 e. The molecule has 1 radical (unpaired) electrons. The van der Waals surface area contributed by atoms with E-state index in [4.69, 9.17) is 0 Å². The maximum Gasteiger partial charge on any atom is -0.00674 e. The molecule has 0 aliphatic rings. The van der Waals surface area contributed by atoms with Gasteiger partial charge in [-0.1, -0.05) is 19.1 Å². The molecule has 0 unspecified atom stereocenters. The maximum atomic E-state index is 3.76. The van der Waals surface area contributed by atoms with Gasteiger partial charge in [-0.2, -0.15) is 11.8 Å². The molecular weight excluding hydrogens is 140 g/mol. The SMILES string of the molecule is [CH2]CCC=CCCCSC. The Morgan fingerprint density at radius 2 is 2.00 bits per heavy atom. The van der Waals surface area contributed by atoms with Gasteiger partial charge in [0.25, 0.3) is 0 Å². The lowest BCUT2D eigenvalue weighted by Gasteiger charge is -1.90. The van der Waals surface area contributed by atoms with Gasteiger partial charge < -0.3 is 0 Å². The molecule has 0 saturated heterocycles. The van der Waals surface area contributed by atoms with Crippen LogP contribution in [0.25, 0.3) is 0 Å². The van der Waals surface area contributed by atoms with Crippen molar-refractivity contribution in [3.63, 3.8) is 0 Å². The van der Waals surface area contributed by atoms with Crippen molar-refractivity contribution in [3.05, 3.63) is 19.1 Å². The van der Waals surface area contributed by atoms with E-state index in [0.717, 1.165) is 12.8 Å². The standard InChI is InChI=1S/C9H17S/c1-3-4-5-6-7-8-9-10-2/h5-6H,1,3-4,7-9H2,2H3. The topological polar surface area (TPSA) is 0 Å². The maximum absolute atomic E-state index is 3.76. The third kappa shape index (κ3) is 8.09. The summed E-state index contributed by atoms with van der Waals surface area (Å²) in [6, 6.07) is 0. The Morgan fingerprint density at radius 1 is 1.30 bits per heavy atom. The number of hydrogen-bond donors (Lipinski definition) is 0. The first kappa shape index (κ1) is 10.1. The Balaban J connectivity index is 2.88. The predicted molar refractivity (Wildman–Crippen MR) is 51.3 cm³/mol. The van der Waals surface area contributed by atoms with E-state index in [-0.39, 0.29) is 0 Å². The number of allylic oxidation sites excluding steroid dienone is 2. The molecule has 1 heteroatoms. The number of thioether (sulfide) groups is 1. The van der Waals surface area contributed by atoms with Crippen LogP contribution in [0.3, 0.4) is 0 Å². The second-order valence-corrected chi connectivity index (χ2v) is 3.23.